The zero-order valence-corrected chi connectivity index (χ0v) is 9.98. The molecule has 1 heterocycles. The van der Waals surface area contributed by atoms with E-state index >= 15 is 0 Å². The van der Waals surface area contributed by atoms with Gasteiger partial charge in [-0.25, -0.2) is 8.78 Å². The Labute approximate surface area is 96.9 Å². The summed E-state index contributed by atoms with van der Waals surface area (Å²) in [6, 6.07) is 3.06. The number of thiophene rings is 1. The summed E-state index contributed by atoms with van der Waals surface area (Å²) in [6.45, 7) is 3.30. The van der Waals surface area contributed by atoms with E-state index in [1.807, 2.05) is 0 Å². The lowest BCUT2D eigenvalue weighted by molar-refractivity contribution is -0.138. The number of carbonyl (C=O) groups is 1. The highest BCUT2D eigenvalue weighted by molar-refractivity contribution is 7.12. The van der Waals surface area contributed by atoms with Gasteiger partial charge in [0, 0.05) is 17.7 Å². The number of alkyl halides is 2. The summed E-state index contributed by atoms with van der Waals surface area (Å²) in [5, 5.41) is 8.51. The van der Waals surface area contributed by atoms with Crippen LogP contribution in [0.4, 0.5) is 8.78 Å². The molecule has 2 nitrogen and oxygen atoms in total. The van der Waals surface area contributed by atoms with E-state index < -0.39 is 24.2 Å². The molecule has 0 aliphatic rings. The first-order valence-electron chi connectivity index (χ1n) is 4.98. The van der Waals surface area contributed by atoms with Crippen LogP contribution in [0.2, 0.25) is 0 Å². The molecule has 1 aromatic rings. The summed E-state index contributed by atoms with van der Waals surface area (Å²) in [4.78, 5) is 11.2. The van der Waals surface area contributed by atoms with E-state index in [9.17, 15) is 13.6 Å². The highest BCUT2D eigenvalue weighted by atomic mass is 32.1. The van der Waals surface area contributed by atoms with E-state index in [0.29, 0.717) is 0 Å². The van der Waals surface area contributed by atoms with Crippen molar-refractivity contribution in [2.75, 3.05) is 0 Å². The molecule has 1 unspecified atom stereocenters. The van der Waals surface area contributed by atoms with Crippen LogP contribution >= 0.6 is 11.3 Å². The average Bonchev–Trinajstić information content (AvgIpc) is 2.49. The second-order valence-corrected chi connectivity index (χ2v) is 5.31. The fraction of sp³-hybridized carbons (Fsp3) is 0.545. The van der Waals surface area contributed by atoms with Crippen LogP contribution < -0.4 is 0 Å². The van der Waals surface area contributed by atoms with Crippen molar-refractivity contribution in [1.29, 1.82) is 0 Å². The van der Waals surface area contributed by atoms with Gasteiger partial charge in [0.2, 0.25) is 0 Å². The maximum Gasteiger partial charge on any atom is 0.303 e. The smallest absolute Gasteiger partial charge is 0.303 e. The number of halogens is 2. The zero-order chi connectivity index (χ0) is 12.3. The maximum atomic E-state index is 13.7. The quantitative estimate of drug-likeness (QED) is 0.863. The third-order valence-electron chi connectivity index (χ3n) is 2.23. The summed E-state index contributed by atoms with van der Waals surface area (Å²) < 4.78 is 27.4. The topological polar surface area (TPSA) is 37.3 Å². The second-order valence-electron chi connectivity index (χ2n) is 4.02. The first-order chi connectivity index (χ1) is 7.31. The Morgan fingerprint density at radius 3 is 2.62 bits per heavy atom. The van der Waals surface area contributed by atoms with E-state index in [-0.39, 0.29) is 11.3 Å². The van der Waals surface area contributed by atoms with E-state index in [0.717, 1.165) is 16.2 Å². The highest BCUT2D eigenvalue weighted by Crippen LogP contribution is 2.39. The fourth-order valence-electron chi connectivity index (χ4n) is 1.54. The lowest BCUT2D eigenvalue weighted by atomic mass is 9.99. The second kappa shape index (κ2) is 4.91. The minimum absolute atomic E-state index is 0.0160. The molecule has 1 N–H and O–H groups in total. The van der Waals surface area contributed by atoms with Crippen molar-refractivity contribution < 1.29 is 18.7 Å². The summed E-state index contributed by atoms with van der Waals surface area (Å²) in [7, 11) is 0. The Morgan fingerprint density at radius 1 is 1.56 bits per heavy atom. The van der Waals surface area contributed by atoms with Gasteiger partial charge in [0.1, 0.15) is 0 Å². The third-order valence-corrected chi connectivity index (χ3v) is 3.34. The van der Waals surface area contributed by atoms with Crippen molar-refractivity contribution >= 4 is 17.3 Å². The zero-order valence-electron chi connectivity index (χ0n) is 9.17. The van der Waals surface area contributed by atoms with Gasteiger partial charge in [0.05, 0.1) is 4.88 Å². The Bertz CT molecular complexity index is 374. The number of aliphatic carboxylic acids is 1. The number of carboxylic acids is 1. The van der Waals surface area contributed by atoms with Crippen molar-refractivity contribution in [3.05, 3.63) is 21.9 Å². The fourth-order valence-corrected chi connectivity index (χ4v) is 2.39. The molecule has 0 aromatic carbocycles. The van der Waals surface area contributed by atoms with Crippen molar-refractivity contribution in [2.45, 2.75) is 32.6 Å². The van der Waals surface area contributed by atoms with Gasteiger partial charge in [-0.2, -0.15) is 0 Å². The average molecular weight is 248 g/mol. The predicted molar refractivity (Wildman–Crippen MR) is 59.0 cm³/mol. The van der Waals surface area contributed by atoms with E-state index in [1.165, 1.54) is 13.0 Å². The largest absolute Gasteiger partial charge is 0.481 e. The highest BCUT2D eigenvalue weighted by Gasteiger charge is 2.35. The van der Waals surface area contributed by atoms with Gasteiger partial charge in [-0.3, -0.25) is 4.79 Å². The molecule has 90 valence electrons. The number of aryl methyl sites for hydroxylation is 1. The number of hydrogen-bond donors (Lipinski definition) is 1. The van der Waals surface area contributed by atoms with Crippen LogP contribution in [0.25, 0.3) is 0 Å². The van der Waals surface area contributed by atoms with Crippen LogP contribution in [0.5, 0.6) is 0 Å². The summed E-state index contributed by atoms with van der Waals surface area (Å²) >= 11 is 1.06. The molecular weight excluding hydrogens is 234 g/mol. The molecular formula is C11H14F2O2S. The molecule has 1 aromatic heterocycles. The van der Waals surface area contributed by atoms with Gasteiger partial charge in [0.25, 0.3) is 5.92 Å². The molecule has 0 aliphatic carbocycles. The van der Waals surface area contributed by atoms with Crippen LogP contribution in [0.3, 0.4) is 0 Å². The molecule has 0 fully saturated rings. The predicted octanol–water partition coefficient (Wildman–Crippen LogP) is 3.65. The molecule has 0 saturated heterocycles. The molecule has 0 aliphatic heterocycles. The minimum atomic E-state index is -2.92. The Hall–Kier alpha value is -0.970. The van der Waals surface area contributed by atoms with Gasteiger partial charge in [-0.1, -0.05) is 6.92 Å². The normalized spacial score (nSPS) is 13.8. The molecule has 0 spiro atoms. The maximum absolute atomic E-state index is 13.7. The van der Waals surface area contributed by atoms with Crippen molar-refractivity contribution in [2.24, 2.45) is 5.92 Å². The van der Waals surface area contributed by atoms with Gasteiger partial charge < -0.3 is 5.11 Å². The Kier molecular flexibility index (Phi) is 4.02. The third kappa shape index (κ3) is 3.56. The molecule has 1 atom stereocenters. The van der Waals surface area contributed by atoms with Crippen LogP contribution in [0, 0.1) is 12.8 Å². The Morgan fingerprint density at radius 2 is 2.19 bits per heavy atom. The van der Waals surface area contributed by atoms with Crippen LogP contribution in [-0.2, 0) is 10.7 Å². The lowest BCUT2D eigenvalue weighted by Crippen LogP contribution is -2.17. The molecule has 16 heavy (non-hydrogen) atoms. The Balaban J connectivity index is 2.67. The SMILES string of the molecule is Cc1ccc(C(F)(F)CC(C)CC(=O)O)s1. The minimum Gasteiger partial charge on any atom is -0.481 e. The van der Waals surface area contributed by atoms with E-state index in [1.54, 1.807) is 13.0 Å². The molecule has 0 amide bonds. The number of rotatable bonds is 5. The standard InChI is InChI=1S/C11H14F2O2S/c1-7(5-10(14)15)6-11(12,13)9-4-3-8(2)16-9/h3-4,7H,5-6H2,1-2H3,(H,14,15). The van der Waals surface area contributed by atoms with Crippen molar-refractivity contribution in [3.63, 3.8) is 0 Å². The number of hydrogen-bond acceptors (Lipinski definition) is 2. The molecule has 0 radical (unpaired) electrons. The molecule has 5 heteroatoms. The molecule has 0 bridgehead atoms. The molecule has 1 rings (SSSR count). The summed E-state index contributed by atoms with van der Waals surface area (Å²) in [5.41, 5.74) is 0. The van der Waals surface area contributed by atoms with Gasteiger partial charge in [-0.15, -0.1) is 11.3 Å². The van der Waals surface area contributed by atoms with Gasteiger partial charge in [-0.05, 0) is 25.0 Å². The van der Waals surface area contributed by atoms with E-state index in [2.05, 4.69) is 0 Å². The first-order valence-corrected chi connectivity index (χ1v) is 5.79. The lowest BCUT2D eigenvalue weighted by Gasteiger charge is -2.18. The van der Waals surface area contributed by atoms with Crippen molar-refractivity contribution in [3.8, 4) is 0 Å². The summed E-state index contributed by atoms with van der Waals surface area (Å²) in [5.74, 6) is -4.49. The van der Waals surface area contributed by atoms with Crippen molar-refractivity contribution in [1.82, 2.24) is 0 Å². The van der Waals surface area contributed by atoms with Crippen LogP contribution in [-0.4, -0.2) is 11.1 Å². The van der Waals surface area contributed by atoms with Gasteiger partial charge >= 0.3 is 5.97 Å². The summed E-state index contributed by atoms with van der Waals surface area (Å²) in [6.07, 6.45) is -0.640. The van der Waals surface area contributed by atoms with Gasteiger partial charge in [0.15, 0.2) is 0 Å². The van der Waals surface area contributed by atoms with E-state index in [4.69, 9.17) is 5.11 Å². The first kappa shape index (κ1) is 13.1. The molecule has 0 saturated carbocycles. The monoisotopic (exact) mass is 248 g/mol. The van der Waals surface area contributed by atoms with Crippen LogP contribution in [0.1, 0.15) is 29.5 Å². The van der Waals surface area contributed by atoms with Crippen LogP contribution in [0.15, 0.2) is 12.1 Å². The number of carboxylic acid groups (broad SMARTS) is 1.